The zero-order chi connectivity index (χ0) is 14.8. The van der Waals surface area contributed by atoms with E-state index in [2.05, 4.69) is 0 Å². The third-order valence-corrected chi connectivity index (χ3v) is 3.81. The predicted molar refractivity (Wildman–Crippen MR) is 82.9 cm³/mol. The fraction of sp³-hybridized carbons (Fsp3) is 0.556. The summed E-state index contributed by atoms with van der Waals surface area (Å²) in [4.78, 5) is 23.2. The highest BCUT2D eigenvalue weighted by Gasteiger charge is 2.13. The lowest BCUT2D eigenvalue weighted by Crippen LogP contribution is -2.08. The van der Waals surface area contributed by atoms with E-state index in [0.29, 0.717) is 30.8 Å². The number of carbonyl (C=O) groups excluding carboxylic acids is 2. The number of ketones is 2. The molecule has 0 amide bonds. The van der Waals surface area contributed by atoms with Crippen LogP contribution in [0.3, 0.4) is 0 Å². The van der Waals surface area contributed by atoms with E-state index in [1.165, 1.54) is 0 Å². The Hall–Kier alpha value is -1.44. The van der Waals surface area contributed by atoms with Crippen LogP contribution in [0, 0.1) is 0 Å². The molecular formula is C18H26O2. The van der Waals surface area contributed by atoms with Crippen molar-refractivity contribution < 1.29 is 9.59 Å². The Morgan fingerprint density at radius 2 is 1.55 bits per heavy atom. The second-order valence-corrected chi connectivity index (χ2v) is 5.41. The fourth-order valence-electron chi connectivity index (χ4n) is 2.30. The van der Waals surface area contributed by atoms with Gasteiger partial charge >= 0.3 is 0 Å². The smallest absolute Gasteiger partial charge is 0.140 e. The van der Waals surface area contributed by atoms with Gasteiger partial charge in [0.1, 0.15) is 11.6 Å². The normalized spacial score (nSPS) is 12.1. The molecule has 0 saturated heterocycles. The van der Waals surface area contributed by atoms with Gasteiger partial charge in [0, 0.05) is 25.2 Å². The Labute approximate surface area is 122 Å². The van der Waals surface area contributed by atoms with Crippen molar-refractivity contribution in [3.05, 3.63) is 35.9 Å². The Bertz CT molecular complexity index is 409. The minimum Gasteiger partial charge on any atom is -0.300 e. The maximum Gasteiger partial charge on any atom is 0.140 e. The summed E-state index contributed by atoms with van der Waals surface area (Å²) in [6.07, 6.45) is 6.00. The van der Waals surface area contributed by atoms with Crippen LogP contribution in [-0.4, -0.2) is 11.6 Å². The summed E-state index contributed by atoms with van der Waals surface area (Å²) in [5, 5.41) is 0. The lowest BCUT2D eigenvalue weighted by Gasteiger charge is -2.10. The second-order valence-electron chi connectivity index (χ2n) is 5.41. The van der Waals surface area contributed by atoms with Gasteiger partial charge in [-0.25, -0.2) is 0 Å². The number of benzene rings is 1. The van der Waals surface area contributed by atoms with Crippen molar-refractivity contribution in [3.63, 3.8) is 0 Å². The van der Waals surface area contributed by atoms with Gasteiger partial charge in [-0.2, -0.15) is 0 Å². The van der Waals surface area contributed by atoms with Crippen molar-refractivity contribution in [1.82, 2.24) is 0 Å². The molecule has 0 N–H and O–H groups in total. The van der Waals surface area contributed by atoms with E-state index in [0.717, 1.165) is 31.2 Å². The van der Waals surface area contributed by atoms with Crippen molar-refractivity contribution >= 4 is 11.6 Å². The maximum absolute atomic E-state index is 12.1. The molecule has 0 fully saturated rings. The molecule has 2 heteroatoms. The number of carbonyl (C=O) groups is 2. The third kappa shape index (κ3) is 6.14. The van der Waals surface area contributed by atoms with Gasteiger partial charge in [0.2, 0.25) is 0 Å². The second kappa shape index (κ2) is 9.46. The number of unbranched alkanes of at least 4 members (excludes halogenated alkanes) is 3. The largest absolute Gasteiger partial charge is 0.300 e. The molecule has 0 bridgehead atoms. The van der Waals surface area contributed by atoms with Crippen molar-refractivity contribution in [3.8, 4) is 0 Å². The molecule has 0 aromatic heterocycles. The quantitative estimate of drug-likeness (QED) is 0.581. The minimum absolute atomic E-state index is 0.00197. The van der Waals surface area contributed by atoms with Gasteiger partial charge < -0.3 is 0 Å². The standard InChI is InChI=1S/C18H26O2/c1-3-17(19)13-9-4-5-10-14-18(20)15(2)16-11-7-6-8-12-16/h6-8,11-12,15H,3-5,9-10,13-14H2,1-2H3. The number of hydrogen-bond donors (Lipinski definition) is 0. The van der Waals surface area contributed by atoms with E-state index in [9.17, 15) is 9.59 Å². The van der Waals surface area contributed by atoms with E-state index in [1.807, 2.05) is 44.2 Å². The van der Waals surface area contributed by atoms with Crippen LogP contribution in [0.25, 0.3) is 0 Å². The minimum atomic E-state index is -0.00197. The number of rotatable bonds is 10. The fourth-order valence-corrected chi connectivity index (χ4v) is 2.30. The predicted octanol–water partition coefficient (Wildman–Crippen LogP) is 4.68. The van der Waals surface area contributed by atoms with Gasteiger partial charge in [0.25, 0.3) is 0 Å². The summed E-state index contributed by atoms with van der Waals surface area (Å²) in [7, 11) is 0. The SMILES string of the molecule is CCC(=O)CCCCCCC(=O)C(C)c1ccccc1. The van der Waals surface area contributed by atoms with Gasteiger partial charge in [-0.1, -0.05) is 57.0 Å². The average Bonchev–Trinajstić information content (AvgIpc) is 2.50. The average molecular weight is 274 g/mol. The van der Waals surface area contributed by atoms with Gasteiger partial charge in [0.15, 0.2) is 0 Å². The van der Waals surface area contributed by atoms with E-state index in [4.69, 9.17) is 0 Å². The summed E-state index contributed by atoms with van der Waals surface area (Å²) in [5.41, 5.74) is 1.10. The van der Waals surface area contributed by atoms with Crippen molar-refractivity contribution in [2.75, 3.05) is 0 Å². The molecular weight excluding hydrogens is 248 g/mol. The highest BCUT2D eigenvalue weighted by molar-refractivity contribution is 5.85. The van der Waals surface area contributed by atoms with Gasteiger partial charge in [-0.15, -0.1) is 0 Å². The highest BCUT2D eigenvalue weighted by atomic mass is 16.1. The molecule has 0 aliphatic carbocycles. The summed E-state index contributed by atoms with van der Waals surface area (Å²) < 4.78 is 0. The van der Waals surface area contributed by atoms with Gasteiger partial charge in [0.05, 0.1) is 0 Å². The molecule has 20 heavy (non-hydrogen) atoms. The summed E-state index contributed by atoms with van der Waals surface area (Å²) in [6, 6.07) is 9.95. The summed E-state index contributed by atoms with van der Waals surface area (Å²) in [6.45, 7) is 3.89. The molecule has 1 rings (SSSR count). The van der Waals surface area contributed by atoms with Crippen LogP contribution in [-0.2, 0) is 9.59 Å². The van der Waals surface area contributed by atoms with Crippen LogP contribution in [0.5, 0.6) is 0 Å². The number of Topliss-reactive ketones (excluding diaryl/α,β-unsaturated/α-hetero) is 2. The molecule has 0 aliphatic rings. The van der Waals surface area contributed by atoms with Crippen molar-refractivity contribution in [1.29, 1.82) is 0 Å². The number of hydrogen-bond acceptors (Lipinski definition) is 2. The lowest BCUT2D eigenvalue weighted by atomic mass is 9.93. The Kier molecular flexibility index (Phi) is 7.86. The van der Waals surface area contributed by atoms with Crippen LogP contribution >= 0.6 is 0 Å². The van der Waals surface area contributed by atoms with E-state index in [1.54, 1.807) is 0 Å². The maximum atomic E-state index is 12.1. The summed E-state index contributed by atoms with van der Waals surface area (Å²) in [5.74, 6) is 0.664. The van der Waals surface area contributed by atoms with Crippen LogP contribution < -0.4 is 0 Å². The first-order chi connectivity index (χ1) is 9.65. The zero-order valence-electron chi connectivity index (χ0n) is 12.7. The molecule has 0 radical (unpaired) electrons. The summed E-state index contributed by atoms with van der Waals surface area (Å²) >= 11 is 0. The lowest BCUT2D eigenvalue weighted by molar-refractivity contribution is -0.120. The highest BCUT2D eigenvalue weighted by Crippen LogP contribution is 2.19. The molecule has 0 heterocycles. The van der Waals surface area contributed by atoms with E-state index >= 15 is 0 Å². The Morgan fingerprint density at radius 3 is 2.15 bits per heavy atom. The molecule has 2 nitrogen and oxygen atoms in total. The molecule has 0 saturated carbocycles. The van der Waals surface area contributed by atoms with E-state index < -0.39 is 0 Å². The van der Waals surface area contributed by atoms with Gasteiger partial charge in [-0.3, -0.25) is 9.59 Å². The molecule has 0 aliphatic heterocycles. The molecule has 110 valence electrons. The van der Waals surface area contributed by atoms with Crippen LogP contribution in [0.1, 0.15) is 70.3 Å². The monoisotopic (exact) mass is 274 g/mol. The third-order valence-electron chi connectivity index (χ3n) is 3.81. The first-order valence-electron chi connectivity index (χ1n) is 7.74. The van der Waals surface area contributed by atoms with Crippen molar-refractivity contribution in [2.24, 2.45) is 0 Å². The molecule has 1 unspecified atom stereocenters. The molecule has 1 atom stereocenters. The first-order valence-corrected chi connectivity index (χ1v) is 7.74. The Balaban J connectivity index is 2.16. The van der Waals surface area contributed by atoms with Crippen LogP contribution in [0.4, 0.5) is 0 Å². The van der Waals surface area contributed by atoms with Crippen LogP contribution in [0.15, 0.2) is 30.3 Å². The molecule has 1 aromatic carbocycles. The Morgan fingerprint density at radius 1 is 0.950 bits per heavy atom. The van der Waals surface area contributed by atoms with Crippen LogP contribution in [0.2, 0.25) is 0 Å². The molecule has 0 spiro atoms. The zero-order valence-corrected chi connectivity index (χ0v) is 12.7. The first kappa shape index (κ1) is 16.6. The van der Waals surface area contributed by atoms with Gasteiger partial charge in [-0.05, 0) is 18.4 Å². The molecule has 1 aromatic rings. The van der Waals surface area contributed by atoms with E-state index in [-0.39, 0.29) is 5.92 Å². The topological polar surface area (TPSA) is 34.1 Å². The van der Waals surface area contributed by atoms with Crippen molar-refractivity contribution in [2.45, 2.75) is 64.7 Å².